The minimum atomic E-state index is -0.174. The number of aromatic nitrogens is 2. The van der Waals surface area contributed by atoms with Gasteiger partial charge in [0.25, 0.3) is 0 Å². The van der Waals surface area contributed by atoms with E-state index < -0.39 is 0 Å². The molecule has 0 bridgehead atoms. The molecule has 0 spiro atoms. The molecule has 0 radical (unpaired) electrons. The first-order valence-corrected chi connectivity index (χ1v) is 8.87. The molecule has 1 aromatic carbocycles. The summed E-state index contributed by atoms with van der Waals surface area (Å²) in [5.74, 6) is 0.451. The number of benzene rings is 1. The predicted octanol–water partition coefficient (Wildman–Crippen LogP) is 4.17. The molecular weight excluding hydrogens is 400 g/mol. The molecule has 1 aliphatic heterocycles. The number of imidazole rings is 1. The van der Waals surface area contributed by atoms with E-state index in [1.54, 1.807) is 6.07 Å². The van der Waals surface area contributed by atoms with E-state index in [0.717, 1.165) is 37.2 Å². The Balaban J connectivity index is 1.86. The third-order valence-electron chi connectivity index (χ3n) is 4.41. The van der Waals surface area contributed by atoms with E-state index in [0.29, 0.717) is 14.3 Å². The lowest BCUT2D eigenvalue weighted by atomic mass is 9.97. The zero-order valence-corrected chi connectivity index (χ0v) is 15.0. The molecule has 0 amide bonds. The van der Waals surface area contributed by atoms with Gasteiger partial charge in [-0.15, -0.1) is 0 Å². The molecule has 2 heterocycles. The average molecular weight is 419 g/mol. The van der Waals surface area contributed by atoms with Crippen molar-refractivity contribution in [1.29, 1.82) is 0 Å². The fraction of sp³-hybridized carbons (Fsp3) is 0.533. The van der Waals surface area contributed by atoms with Crippen LogP contribution in [-0.2, 0) is 6.54 Å². The second kappa shape index (κ2) is 6.34. The molecule has 2 aromatic rings. The van der Waals surface area contributed by atoms with E-state index >= 15 is 0 Å². The first kappa shape index (κ1) is 15.4. The molecule has 6 heteroatoms. The van der Waals surface area contributed by atoms with Crippen LogP contribution in [0.1, 0.15) is 19.8 Å². The van der Waals surface area contributed by atoms with Crippen molar-refractivity contribution in [3.8, 4) is 0 Å². The number of H-pyrrole nitrogens is 1. The summed E-state index contributed by atoms with van der Waals surface area (Å²) in [4.78, 5) is 5.68. The number of likely N-dealkylation sites (tertiary alicyclic amines) is 1. The van der Waals surface area contributed by atoms with Crippen LogP contribution in [0.15, 0.2) is 12.1 Å². The summed E-state index contributed by atoms with van der Waals surface area (Å²) in [6, 6.07) is 3.43. The maximum Gasteiger partial charge on any atom is 0.178 e. The van der Waals surface area contributed by atoms with Crippen LogP contribution in [0.2, 0.25) is 0 Å². The Bertz CT molecular complexity index is 701. The van der Waals surface area contributed by atoms with Crippen molar-refractivity contribution in [2.24, 2.45) is 5.92 Å². The molecule has 1 N–H and O–H groups in total. The van der Waals surface area contributed by atoms with Gasteiger partial charge >= 0.3 is 0 Å². The minimum Gasteiger partial charge on any atom is -0.331 e. The van der Waals surface area contributed by atoms with Gasteiger partial charge in [-0.3, -0.25) is 0 Å². The first-order valence-electron chi connectivity index (χ1n) is 7.38. The van der Waals surface area contributed by atoms with Crippen LogP contribution in [-0.4, -0.2) is 34.1 Å². The topological polar surface area (TPSA) is 24.0 Å². The Morgan fingerprint density at radius 3 is 2.76 bits per heavy atom. The number of nitrogens with zero attached hydrogens (tertiary/aromatic N) is 2. The fourth-order valence-corrected chi connectivity index (χ4v) is 3.83. The molecule has 1 aliphatic rings. The maximum atomic E-state index is 13.8. The minimum absolute atomic E-state index is 0.174. The Kier molecular flexibility index (Phi) is 4.66. The van der Waals surface area contributed by atoms with E-state index in [9.17, 15) is 4.39 Å². The van der Waals surface area contributed by atoms with Gasteiger partial charge < -0.3 is 14.5 Å². The molecule has 21 heavy (non-hydrogen) atoms. The SMILES string of the molecule is CCN1CCC(Cn2c(=S)[nH]c3cc(I)c(F)cc32)CC1. The smallest absolute Gasteiger partial charge is 0.178 e. The third kappa shape index (κ3) is 3.17. The third-order valence-corrected chi connectivity index (χ3v) is 5.56. The van der Waals surface area contributed by atoms with Crippen LogP contribution in [0.3, 0.4) is 0 Å². The van der Waals surface area contributed by atoms with Gasteiger partial charge in [-0.25, -0.2) is 4.39 Å². The number of piperidine rings is 1. The molecule has 1 fully saturated rings. The van der Waals surface area contributed by atoms with Crippen molar-refractivity contribution in [2.75, 3.05) is 19.6 Å². The van der Waals surface area contributed by atoms with Gasteiger partial charge in [0.2, 0.25) is 0 Å². The van der Waals surface area contributed by atoms with Crippen LogP contribution in [0.25, 0.3) is 11.0 Å². The lowest BCUT2D eigenvalue weighted by Gasteiger charge is -2.31. The number of aromatic amines is 1. The Labute approximate surface area is 142 Å². The van der Waals surface area contributed by atoms with Crippen LogP contribution in [0.4, 0.5) is 4.39 Å². The average Bonchev–Trinajstić information content (AvgIpc) is 2.76. The highest BCUT2D eigenvalue weighted by Crippen LogP contribution is 2.24. The summed E-state index contributed by atoms with van der Waals surface area (Å²) in [6.45, 7) is 6.53. The molecule has 0 unspecified atom stereocenters. The van der Waals surface area contributed by atoms with Crippen molar-refractivity contribution in [1.82, 2.24) is 14.5 Å². The number of fused-ring (bicyclic) bond motifs is 1. The van der Waals surface area contributed by atoms with E-state index in [4.69, 9.17) is 12.2 Å². The van der Waals surface area contributed by atoms with E-state index in [1.807, 2.05) is 28.7 Å². The van der Waals surface area contributed by atoms with Gasteiger partial charge in [0.15, 0.2) is 4.77 Å². The molecule has 0 atom stereocenters. The number of hydrogen-bond acceptors (Lipinski definition) is 2. The van der Waals surface area contributed by atoms with Crippen molar-refractivity contribution < 1.29 is 4.39 Å². The van der Waals surface area contributed by atoms with Crippen LogP contribution >= 0.6 is 34.8 Å². The van der Waals surface area contributed by atoms with Crippen molar-refractivity contribution >= 4 is 45.8 Å². The highest BCUT2D eigenvalue weighted by molar-refractivity contribution is 14.1. The monoisotopic (exact) mass is 419 g/mol. The molecule has 0 aliphatic carbocycles. The molecule has 3 rings (SSSR count). The van der Waals surface area contributed by atoms with E-state index in [1.165, 1.54) is 12.8 Å². The summed E-state index contributed by atoms with van der Waals surface area (Å²) < 4.78 is 17.2. The van der Waals surface area contributed by atoms with Gasteiger partial charge in [0, 0.05) is 12.6 Å². The lowest BCUT2D eigenvalue weighted by molar-refractivity contribution is 0.181. The maximum absolute atomic E-state index is 13.8. The zero-order chi connectivity index (χ0) is 15.0. The number of nitrogens with one attached hydrogen (secondary N) is 1. The molecule has 1 saturated heterocycles. The second-order valence-electron chi connectivity index (χ2n) is 5.70. The van der Waals surface area contributed by atoms with Crippen molar-refractivity contribution in [3.05, 3.63) is 26.3 Å². The second-order valence-corrected chi connectivity index (χ2v) is 7.25. The molecular formula is C15H19FIN3S. The highest BCUT2D eigenvalue weighted by atomic mass is 127. The van der Waals surface area contributed by atoms with E-state index in [-0.39, 0.29) is 5.82 Å². The summed E-state index contributed by atoms with van der Waals surface area (Å²) in [5.41, 5.74) is 1.81. The zero-order valence-electron chi connectivity index (χ0n) is 12.0. The van der Waals surface area contributed by atoms with Gasteiger partial charge in [-0.05, 0) is 79.3 Å². The molecule has 3 nitrogen and oxygen atoms in total. The predicted molar refractivity (Wildman–Crippen MR) is 94.6 cm³/mol. The van der Waals surface area contributed by atoms with Gasteiger partial charge in [0.1, 0.15) is 5.82 Å². The summed E-state index contributed by atoms with van der Waals surface area (Å²) >= 11 is 7.44. The number of hydrogen-bond donors (Lipinski definition) is 1. The lowest BCUT2D eigenvalue weighted by Crippen LogP contribution is -2.34. The highest BCUT2D eigenvalue weighted by Gasteiger charge is 2.20. The normalized spacial score (nSPS) is 17.7. The molecule has 114 valence electrons. The van der Waals surface area contributed by atoms with Crippen molar-refractivity contribution in [3.63, 3.8) is 0 Å². The number of halogens is 2. The molecule has 0 saturated carbocycles. The van der Waals surface area contributed by atoms with Crippen LogP contribution in [0.5, 0.6) is 0 Å². The summed E-state index contributed by atoms with van der Waals surface area (Å²) in [6.07, 6.45) is 2.38. The van der Waals surface area contributed by atoms with E-state index in [2.05, 4.69) is 21.4 Å². The summed E-state index contributed by atoms with van der Waals surface area (Å²) in [5, 5.41) is 0. The Morgan fingerprint density at radius 2 is 2.10 bits per heavy atom. The Hall–Kier alpha value is -0.470. The van der Waals surface area contributed by atoms with Crippen LogP contribution < -0.4 is 0 Å². The largest absolute Gasteiger partial charge is 0.331 e. The Morgan fingerprint density at radius 1 is 1.38 bits per heavy atom. The van der Waals surface area contributed by atoms with Gasteiger partial charge in [0.05, 0.1) is 14.6 Å². The quantitative estimate of drug-likeness (QED) is 0.597. The van der Waals surface area contributed by atoms with Gasteiger partial charge in [-0.1, -0.05) is 6.92 Å². The summed E-state index contributed by atoms with van der Waals surface area (Å²) in [7, 11) is 0. The fourth-order valence-electron chi connectivity index (χ4n) is 3.08. The van der Waals surface area contributed by atoms with Crippen LogP contribution in [0, 0.1) is 20.1 Å². The standard InChI is InChI=1S/C15H19FIN3S/c1-2-19-5-3-10(4-6-19)9-20-14-7-11(16)12(17)8-13(14)18-15(20)21/h7-8,10H,2-6,9H2,1H3,(H,18,21). The van der Waals surface area contributed by atoms with Gasteiger partial charge in [-0.2, -0.15) is 0 Å². The first-order chi connectivity index (χ1) is 10.1. The molecule has 1 aromatic heterocycles. The van der Waals surface area contributed by atoms with Crippen molar-refractivity contribution in [2.45, 2.75) is 26.3 Å². The number of rotatable bonds is 3.